The fraction of sp³-hybridized carbons (Fsp3) is 0. The first-order chi connectivity index (χ1) is 11.6. The van der Waals surface area contributed by atoms with Crippen LogP contribution >= 0.6 is 43.5 Å². The Morgan fingerprint density at radius 2 is 1.36 bits per heavy atom. The lowest BCUT2D eigenvalue weighted by molar-refractivity contribution is -0.401. The zero-order valence-corrected chi connectivity index (χ0v) is 15.7. The minimum absolute atomic E-state index is 0.233. The second-order valence-electron chi connectivity index (χ2n) is 4.50. The molecule has 0 atom stereocenters. The molecule has 0 saturated heterocycles. The molecule has 13 heteroatoms. The van der Waals surface area contributed by atoms with Gasteiger partial charge in [-0.2, -0.15) is 0 Å². The molecule has 0 amide bonds. The van der Waals surface area contributed by atoms with E-state index in [-0.39, 0.29) is 5.69 Å². The van der Waals surface area contributed by atoms with E-state index in [4.69, 9.17) is 11.6 Å². The molecule has 0 aliphatic rings. The van der Waals surface area contributed by atoms with Crippen molar-refractivity contribution in [2.75, 3.05) is 5.32 Å². The molecule has 0 radical (unpaired) electrons. The zero-order chi connectivity index (χ0) is 18.9. The Balaban J connectivity index is 2.71. The monoisotopic (exact) mass is 494 g/mol. The van der Waals surface area contributed by atoms with Gasteiger partial charge >= 0.3 is 11.4 Å². The van der Waals surface area contributed by atoms with Crippen LogP contribution in [0.15, 0.2) is 33.2 Å². The fourth-order valence-corrected chi connectivity index (χ4v) is 2.95. The maximum atomic E-state index is 11.2. The Morgan fingerprint density at radius 3 is 1.80 bits per heavy atom. The van der Waals surface area contributed by atoms with Gasteiger partial charge in [0, 0.05) is 8.95 Å². The second-order valence-corrected chi connectivity index (χ2v) is 6.62. The molecule has 2 aromatic carbocycles. The van der Waals surface area contributed by atoms with Gasteiger partial charge in [-0.15, -0.1) is 0 Å². The predicted molar refractivity (Wildman–Crippen MR) is 96.5 cm³/mol. The SMILES string of the molecule is O=[N+]([O-])c1cc([N+](=O)[O-])c(Nc2cc(Br)c(Cl)cc2Br)c([N+](=O)[O-])c1. The van der Waals surface area contributed by atoms with Crippen molar-refractivity contribution in [2.45, 2.75) is 0 Å². The summed E-state index contributed by atoms with van der Waals surface area (Å²) < 4.78 is 0.815. The van der Waals surface area contributed by atoms with Crippen LogP contribution in [0.5, 0.6) is 0 Å². The molecule has 25 heavy (non-hydrogen) atoms. The van der Waals surface area contributed by atoms with Crippen LogP contribution in [-0.4, -0.2) is 14.8 Å². The van der Waals surface area contributed by atoms with E-state index in [1.165, 1.54) is 12.1 Å². The third-order valence-corrected chi connectivity index (χ3v) is 4.81. The summed E-state index contributed by atoms with van der Waals surface area (Å²) in [6.45, 7) is 0. The van der Waals surface area contributed by atoms with E-state index in [0.717, 1.165) is 0 Å². The summed E-state index contributed by atoms with van der Waals surface area (Å²) in [5.74, 6) is 0. The Morgan fingerprint density at radius 1 is 0.840 bits per heavy atom. The highest BCUT2D eigenvalue weighted by Crippen LogP contribution is 2.42. The third-order valence-electron chi connectivity index (χ3n) is 2.96. The summed E-state index contributed by atoms with van der Waals surface area (Å²) in [7, 11) is 0. The largest absolute Gasteiger partial charge is 0.343 e. The van der Waals surface area contributed by atoms with Crippen LogP contribution < -0.4 is 5.32 Å². The molecular weight excluding hydrogens is 491 g/mol. The van der Waals surface area contributed by atoms with E-state index in [9.17, 15) is 30.3 Å². The van der Waals surface area contributed by atoms with Gasteiger partial charge in [-0.1, -0.05) is 11.6 Å². The number of non-ortho nitro benzene ring substituents is 1. The van der Waals surface area contributed by atoms with E-state index < -0.39 is 37.5 Å². The van der Waals surface area contributed by atoms with E-state index >= 15 is 0 Å². The number of hydrogen-bond acceptors (Lipinski definition) is 7. The molecule has 2 aromatic rings. The number of nitrogens with zero attached hydrogens (tertiary/aromatic N) is 3. The topological polar surface area (TPSA) is 141 Å². The zero-order valence-electron chi connectivity index (χ0n) is 11.7. The van der Waals surface area contributed by atoms with Crippen LogP contribution in [0.1, 0.15) is 0 Å². The van der Waals surface area contributed by atoms with Crippen molar-refractivity contribution >= 4 is 71.9 Å². The highest BCUT2D eigenvalue weighted by atomic mass is 79.9. The van der Waals surface area contributed by atoms with Crippen LogP contribution in [0.25, 0.3) is 0 Å². The molecule has 130 valence electrons. The number of nitrogens with one attached hydrogen (secondary N) is 1. The van der Waals surface area contributed by atoms with Crippen LogP contribution in [0, 0.1) is 30.3 Å². The van der Waals surface area contributed by atoms with E-state index in [1.54, 1.807) is 0 Å². The first-order valence-corrected chi connectivity index (χ1v) is 8.11. The average molecular weight is 496 g/mol. The first-order valence-electron chi connectivity index (χ1n) is 6.14. The predicted octanol–water partition coefficient (Wildman–Crippen LogP) is 5.33. The van der Waals surface area contributed by atoms with Crippen molar-refractivity contribution < 1.29 is 14.8 Å². The number of nitro benzene ring substituents is 3. The maximum absolute atomic E-state index is 11.2. The summed E-state index contributed by atoms with van der Waals surface area (Å²) in [6, 6.07) is 4.21. The highest BCUT2D eigenvalue weighted by Gasteiger charge is 2.31. The molecule has 0 aromatic heterocycles. The molecule has 10 nitrogen and oxygen atoms in total. The van der Waals surface area contributed by atoms with E-state index in [2.05, 4.69) is 37.2 Å². The third kappa shape index (κ3) is 4.03. The van der Waals surface area contributed by atoms with Crippen molar-refractivity contribution in [3.05, 3.63) is 68.6 Å². The van der Waals surface area contributed by atoms with Gasteiger partial charge in [0.05, 0.1) is 37.6 Å². The average Bonchev–Trinajstić information content (AvgIpc) is 2.51. The van der Waals surface area contributed by atoms with Crippen molar-refractivity contribution in [1.29, 1.82) is 0 Å². The number of nitro groups is 3. The Labute approximate surface area is 160 Å². The highest BCUT2D eigenvalue weighted by molar-refractivity contribution is 9.11. The Hall–Kier alpha value is -2.31. The summed E-state index contributed by atoms with van der Waals surface area (Å²) in [6.07, 6.45) is 0. The normalized spacial score (nSPS) is 10.4. The number of halogens is 3. The molecular formula is C12H5Br2ClN4O6. The molecule has 0 aliphatic heterocycles. The second kappa shape index (κ2) is 7.29. The molecule has 0 aliphatic carbocycles. The number of hydrogen-bond donors (Lipinski definition) is 1. The number of rotatable bonds is 5. The van der Waals surface area contributed by atoms with Gasteiger partial charge in [-0.05, 0) is 44.0 Å². The first kappa shape index (κ1) is 19.0. The molecule has 1 N–H and O–H groups in total. The van der Waals surface area contributed by atoms with Gasteiger partial charge in [0.25, 0.3) is 5.69 Å². The van der Waals surface area contributed by atoms with Crippen LogP contribution in [0.3, 0.4) is 0 Å². The van der Waals surface area contributed by atoms with Gasteiger partial charge in [-0.25, -0.2) is 0 Å². The van der Waals surface area contributed by atoms with Crippen LogP contribution in [0.2, 0.25) is 5.02 Å². The molecule has 0 saturated carbocycles. The molecule has 0 unspecified atom stereocenters. The van der Waals surface area contributed by atoms with Gasteiger partial charge in [-0.3, -0.25) is 30.3 Å². The minimum atomic E-state index is -0.946. The lowest BCUT2D eigenvalue weighted by atomic mass is 10.2. The summed E-state index contributed by atoms with van der Waals surface area (Å²) >= 11 is 12.3. The van der Waals surface area contributed by atoms with Gasteiger partial charge in [0.1, 0.15) is 0 Å². The fourth-order valence-electron chi connectivity index (χ4n) is 1.87. The van der Waals surface area contributed by atoms with E-state index in [1.807, 2.05) is 0 Å². The quantitative estimate of drug-likeness (QED) is 0.335. The van der Waals surface area contributed by atoms with Gasteiger partial charge < -0.3 is 5.32 Å². The lowest BCUT2D eigenvalue weighted by Gasteiger charge is -2.11. The van der Waals surface area contributed by atoms with Crippen LogP contribution in [-0.2, 0) is 0 Å². The van der Waals surface area contributed by atoms with Crippen molar-refractivity contribution in [1.82, 2.24) is 0 Å². The smallest absolute Gasteiger partial charge is 0.306 e. The van der Waals surface area contributed by atoms with E-state index in [0.29, 0.717) is 26.1 Å². The lowest BCUT2D eigenvalue weighted by Crippen LogP contribution is -2.04. The molecule has 0 heterocycles. The molecule has 0 fully saturated rings. The van der Waals surface area contributed by atoms with Gasteiger partial charge in [0.15, 0.2) is 5.69 Å². The molecule has 2 rings (SSSR count). The maximum Gasteiger partial charge on any atom is 0.306 e. The van der Waals surface area contributed by atoms with Crippen molar-refractivity contribution in [3.63, 3.8) is 0 Å². The van der Waals surface area contributed by atoms with Crippen molar-refractivity contribution in [3.8, 4) is 0 Å². The molecule has 0 spiro atoms. The summed E-state index contributed by atoms with van der Waals surface area (Å²) in [5.41, 5.74) is -2.63. The summed E-state index contributed by atoms with van der Waals surface area (Å²) in [5, 5.41) is 36.3. The number of benzene rings is 2. The summed E-state index contributed by atoms with van der Waals surface area (Å²) in [4.78, 5) is 30.5. The van der Waals surface area contributed by atoms with Gasteiger partial charge in [0.2, 0.25) is 0 Å². The Kier molecular flexibility index (Phi) is 5.55. The minimum Gasteiger partial charge on any atom is -0.343 e. The van der Waals surface area contributed by atoms with Crippen LogP contribution in [0.4, 0.5) is 28.4 Å². The standard InChI is InChI=1S/C12H5Br2ClN4O6/c13-6-4-9(7(14)3-8(6)15)16-12-10(18(22)23)1-5(17(20)21)2-11(12)19(24)25/h1-4,16H. The van der Waals surface area contributed by atoms with Crippen molar-refractivity contribution in [2.24, 2.45) is 0 Å². The number of anilines is 2. The Bertz CT molecular complexity index is 888. The molecule has 0 bridgehead atoms.